The molecule has 0 spiro atoms. The molecule has 0 radical (unpaired) electrons. The van der Waals surface area contributed by atoms with E-state index in [0.717, 1.165) is 5.56 Å². The minimum absolute atomic E-state index is 0.224. The molecule has 0 amide bonds. The van der Waals surface area contributed by atoms with E-state index in [1.807, 2.05) is 0 Å². The number of carbonyl (C=O) groups is 1. The fourth-order valence-electron chi connectivity index (χ4n) is 1.09. The van der Waals surface area contributed by atoms with Crippen LogP contribution >= 0.6 is 0 Å². The number of anilines is 2. The van der Waals surface area contributed by atoms with Gasteiger partial charge in [0, 0.05) is 17.8 Å². The predicted octanol–water partition coefficient (Wildman–Crippen LogP) is 1.30. The van der Waals surface area contributed by atoms with E-state index in [1.165, 1.54) is 0 Å². The number of carbonyl (C=O) groups excluding carboxylic acids is 1. The molecule has 14 heavy (non-hydrogen) atoms. The molecular weight excluding hydrogens is 180 g/mol. The molecule has 0 atom stereocenters. The average molecular weight is 194 g/mol. The van der Waals surface area contributed by atoms with Crippen molar-refractivity contribution in [3.63, 3.8) is 0 Å². The molecule has 1 aromatic rings. The number of nitrogens with two attached hydrogens (primary N) is 2. The molecule has 0 aliphatic carbocycles. The van der Waals surface area contributed by atoms with Crippen molar-refractivity contribution in [1.82, 2.24) is 0 Å². The molecule has 0 saturated heterocycles. The topological polar surface area (TPSA) is 78.3 Å². The summed E-state index contributed by atoms with van der Waals surface area (Å²) in [7, 11) is 0. The molecule has 0 heterocycles. The van der Waals surface area contributed by atoms with Crippen molar-refractivity contribution in [2.24, 2.45) is 0 Å². The quantitative estimate of drug-likeness (QED) is 0.561. The highest BCUT2D eigenvalue weighted by molar-refractivity contribution is 5.69. The van der Waals surface area contributed by atoms with Gasteiger partial charge in [-0.05, 0) is 23.8 Å². The van der Waals surface area contributed by atoms with Crippen molar-refractivity contribution in [3.8, 4) is 0 Å². The normalized spacial score (nSPS) is 9.79. The van der Waals surface area contributed by atoms with E-state index < -0.39 is 0 Å². The highest BCUT2D eigenvalue weighted by Gasteiger charge is 2.01. The van der Waals surface area contributed by atoms with Gasteiger partial charge in [0.15, 0.2) is 0 Å². The lowest BCUT2D eigenvalue weighted by Crippen LogP contribution is -2.03. The zero-order valence-corrected chi connectivity index (χ0v) is 8.12. The zero-order valence-electron chi connectivity index (χ0n) is 8.12. The molecule has 0 unspecified atom stereocenters. The molecule has 1 aromatic carbocycles. The van der Waals surface area contributed by atoms with Gasteiger partial charge in [-0.3, -0.25) is 4.79 Å². The van der Waals surface area contributed by atoms with Gasteiger partial charge in [0.25, 0.3) is 0 Å². The predicted molar refractivity (Wildman–Crippen MR) is 55.4 cm³/mol. The van der Waals surface area contributed by atoms with E-state index in [0.29, 0.717) is 17.8 Å². The van der Waals surface area contributed by atoms with Gasteiger partial charge >= 0.3 is 5.97 Å². The Morgan fingerprint density at radius 2 is 1.86 bits per heavy atom. The third-order valence-corrected chi connectivity index (χ3v) is 1.73. The lowest BCUT2D eigenvalue weighted by atomic mass is 10.2. The largest absolute Gasteiger partial charge is 0.461 e. The highest BCUT2D eigenvalue weighted by atomic mass is 16.5. The van der Waals surface area contributed by atoms with Gasteiger partial charge < -0.3 is 16.2 Å². The van der Waals surface area contributed by atoms with Crippen LogP contribution in [0.25, 0.3) is 0 Å². The molecule has 0 aliphatic rings. The summed E-state index contributed by atoms with van der Waals surface area (Å²) >= 11 is 0. The Balaban J connectivity index is 2.63. The Bertz CT molecular complexity index is 317. The number of ether oxygens (including phenoxy) is 1. The molecule has 0 bridgehead atoms. The first kappa shape index (κ1) is 10.4. The van der Waals surface area contributed by atoms with E-state index in [2.05, 4.69) is 0 Å². The first-order valence-corrected chi connectivity index (χ1v) is 4.42. The zero-order chi connectivity index (χ0) is 10.6. The number of esters is 1. The lowest BCUT2D eigenvalue weighted by Gasteiger charge is -2.05. The first-order chi connectivity index (χ1) is 6.61. The van der Waals surface area contributed by atoms with Crippen LogP contribution in [0.1, 0.15) is 18.9 Å². The fourth-order valence-corrected chi connectivity index (χ4v) is 1.09. The Morgan fingerprint density at radius 3 is 2.36 bits per heavy atom. The van der Waals surface area contributed by atoms with Crippen LogP contribution in [0.2, 0.25) is 0 Å². The Hall–Kier alpha value is -1.71. The average Bonchev–Trinajstić information content (AvgIpc) is 2.12. The number of benzene rings is 1. The molecule has 4 nitrogen and oxygen atoms in total. The van der Waals surface area contributed by atoms with Crippen molar-refractivity contribution in [2.45, 2.75) is 20.0 Å². The second-order valence-electron chi connectivity index (χ2n) is 3.02. The second kappa shape index (κ2) is 4.50. The summed E-state index contributed by atoms with van der Waals surface area (Å²) < 4.78 is 4.94. The van der Waals surface area contributed by atoms with Crippen LogP contribution < -0.4 is 11.5 Å². The molecule has 0 saturated carbocycles. The fraction of sp³-hybridized carbons (Fsp3) is 0.300. The van der Waals surface area contributed by atoms with Crippen molar-refractivity contribution in [1.29, 1.82) is 0 Å². The Kier molecular flexibility index (Phi) is 3.34. The molecule has 4 N–H and O–H groups in total. The SMILES string of the molecule is CCC(=O)OCc1cc(N)cc(N)c1. The van der Waals surface area contributed by atoms with E-state index in [1.54, 1.807) is 25.1 Å². The summed E-state index contributed by atoms with van der Waals surface area (Å²) in [6.07, 6.45) is 0.373. The molecule has 0 aromatic heterocycles. The Morgan fingerprint density at radius 1 is 1.29 bits per heavy atom. The summed E-state index contributed by atoms with van der Waals surface area (Å²) in [6, 6.07) is 5.13. The standard InChI is InChI=1S/C10H14N2O2/c1-2-10(13)14-6-7-3-8(11)5-9(12)4-7/h3-5H,2,6,11-12H2,1H3. The van der Waals surface area contributed by atoms with E-state index in [4.69, 9.17) is 16.2 Å². The number of rotatable bonds is 3. The van der Waals surface area contributed by atoms with Crippen LogP contribution in [0, 0.1) is 0 Å². The third kappa shape index (κ3) is 2.97. The molecule has 76 valence electrons. The number of hydrogen-bond acceptors (Lipinski definition) is 4. The van der Waals surface area contributed by atoms with E-state index in [-0.39, 0.29) is 12.6 Å². The lowest BCUT2D eigenvalue weighted by molar-refractivity contribution is -0.144. The summed E-state index contributed by atoms with van der Waals surface area (Å²) in [6.45, 7) is 1.97. The van der Waals surface area contributed by atoms with Crippen LogP contribution in [0.5, 0.6) is 0 Å². The van der Waals surface area contributed by atoms with Crippen molar-refractivity contribution < 1.29 is 9.53 Å². The number of nitrogen functional groups attached to an aromatic ring is 2. The maximum absolute atomic E-state index is 10.9. The van der Waals surface area contributed by atoms with Crippen LogP contribution in [-0.2, 0) is 16.1 Å². The Labute approximate surface area is 82.8 Å². The van der Waals surface area contributed by atoms with Gasteiger partial charge in [0.05, 0.1) is 0 Å². The molecular formula is C10H14N2O2. The van der Waals surface area contributed by atoms with Gasteiger partial charge in [0.1, 0.15) is 6.61 Å². The second-order valence-corrected chi connectivity index (χ2v) is 3.02. The van der Waals surface area contributed by atoms with Crippen molar-refractivity contribution in [3.05, 3.63) is 23.8 Å². The van der Waals surface area contributed by atoms with Crippen LogP contribution in [0.4, 0.5) is 11.4 Å². The summed E-state index contributed by atoms with van der Waals surface area (Å²) in [5.74, 6) is -0.231. The summed E-state index contributed by atoms with van der Waals surface area (Å²) in [5.41, 5.74) is 13.1. The summed E-state index contributed by atoms with van der Waals surface area (Å²) in [4.78, 5) is 10.9. The number of hydrogen-bond donors (Lipinski definition) is 2. The monoisotopic (exact) mass is 194 g/mol. The van der Waals surface area contributed by atoms with Gasteiger partial charge in [0.2, 0.25) is 0 Å². The van der Waals surface area contributed by atoms with Crippen molar-refractivity contribution in [2.75, 3.05) is 11.5 Å². The van der Waals surface area contributed by atoms with Gasteiger partial charge in [-0.2, -0.15) is 0 Å². The van der Waals surface area contributed by atoms with Crippen LogP contribution in [0.15, 0.2) is 18.2 Å². The van der Waals surface area contributed by atoms with Crippen LogP contribution in [-0.4, -0.2) is 5.97 Å². The third-order valence-electron chi connectivity index (χ3n) is 1.73. The molecule has 0 aliphatic heterocycles. The minimum Gasteiger partial charge on any atom is -0.461 e. The molecule has 1 rings (SSSR count). The molecule has 0 fully saturated rings. The van der Waals surface area contributed by atoms with Crippen LogP contribution in [0.3, 0.4) is 0 Å². The van der Waals surface area contributed by atoms with Gasteiger partial charge in [-0.1, -0.05) is 6.92 Å². The van der Waals surface area contributed by atoms with E-state index >= 15 is 0 Å². The highest BCUT2D eigenvalue weighted by Crippen LogP contribution is 2.14. The summed E-state index contributed by atoms with van der Waals surface area (Å²) in [5, 5.41) is 0. The van der Waals surface area contributed by atoms with Gasteiger partial charge in [-0.15, -0.1) is 0 Å². The van der Waals surface area contributed by atoms with E-state index in [9.17, 15) is 4.79 Å². The van der Waals surface area contributed by atoms with Crippen molar-refractivity contribution >= 4 is 17.3 Å². The molecule has 4 heteroatoms. The smallest absolute Gasteiger partial charge is 0.305 e. The maximum atomic E-state index is 10.9. The first-order valence-electron chi connectivity index (χ1n) is 4.42. The maximum Gasteiger partial charge on any atom is 0.305 e. The van der Waals surface area contributed by atoms with Gasteiger partial charge in [-0.25, -0.2) is 0 Å². The minimum atomic E-state index is -0.231.